The summed E-state index contributed by atoms with van der Waals surface area (Å²) < 4.78 is 3.73. The van der Waals surface area contributed by atoms with Crippen LogP contribution in [0, 0.1) is 0 Å². The van der Waals surface area contributed by atoms with E-state index in [2.05, 4.69) is 28.5 Å². The SMILES string of the molecule is CN1Cc2nn(C)cc2-c2cnc3c(c2)C(=CC3)c2cnn(c2)CCCC1=O. The van der Waals surface area contributed by atoms with E-state index in [0.717, 1.165) is 53.0 Å². The Bertz CT molecular complexity index is 1110. The number of rotatable bonds is 0. The number of hydrogen-bond donors (Lipinski definition) is 0. The van der Waals surface area contributed by atoms with Crippen LogP contribution in [0.4, 0.5) is 0 Å². The summed E-state index contributed by atoms with van der Waals surface area (Å²) >= 11 is 0. The predicted molar refractivity (Wildman–Crippen MR) is 105 cm³/mol. The number of aryl methyl sites for hydroxylation is 2. The molecule has 2 aliphatic rings. The quantitative estimate of drug-likeness (QED) is 0.606. The number of carbonyl (C=O) groups excluding carboxylic acids is 1. The number of aromatic nitrogens is 5. The van der Waals surface area contributed by atoms with Crippen molar-refractivity contribution in [3.05, 3.63) is 59.4 Å². The molecule has 0 spiro atoms. The number of allylic oxidation sites excluding steroid dienone is 1. The van der Waals surface area contributed by atoms with Crippen molar-refractivity contribution in [1.82, 2.24) is 29.4 Å². The molecule has 5 rings (SSSR count). The molecule has 1 amide bonds. The minimum atomic E-state index is 0.120. The van der Waals surface area contributed by atoms with Gasteiger partial charge in [-0.15, -0.1) is 0 Å². The molecule has 0 saturated heterocycles. The summed E-state index contributed by atoms with van der Waals surface area (Å²) in [6.45, 7) is 1.22. The minimum Gasteiger partial charge on any atom is -0.340 e. The van der Waals surface area contributed by atoms with Crippen molar-refractivity contribution in [2.75, 3.05) is 7.05 Å². The topological polar surface area (TPSA) is 68.8 Å². The molecule has 7 nitrogen and oxygen atoms in total. The molecule has 4 heterocycles. The molecule has 3 aromatic rings. The second-order valence-corrected chi connectivity index (χ2v) is 7.55. The van der Waals surface area contributed by atoms with Gasteiger partial charge in [0.15, 0.2) is 0 Å². The summed E-state index contributed by atoms with van der Waals surface area (Å²) in [5.41, 5.74) is 7.47. The molecular formula is C21H22N6O. The highest BCUT2D eigenvalue weighted by molar-refractivity contribution is 5.85. The maximum Gasteiger partial charge on any atom is 0.222 e. The fourth-order valence-corrected chi connectivity index (χ4v) is 4.03. The van der Waals surface area contributed by atoms with E-state index in [4.69, 9.17) is 4.98 Å². The number of fused-ring (bicyclic) bond motifs is 6. The van der Waals surface area contributed by atoms with E-state index in [1.165, 1.54) is 5.57 Å². The molecule has 0 saturated carbocycles. The molecule has 0 radical (unpaired) electrons. The highest BCUT2D eigenvalue weighted by Gasteiger charge is 2.22. The number of pyridine rings is 1. The number of amides is 1. The maximum atomic E-state index is 12.6. The lowest BCUT2D eigenvalue weighted by atomic mass is 10.00. The minimum absolute atomic E-state index is 0.120. The monoisotopic (exact) mass is 374 g/mol. The van der Waals surface area contributed by atoms with Gasteiger partial charge in [0.05, 0.1) is 24.1 Å². The normalized spacial score (nSPS) is 16.4. The van der Waals surface area contributed by atoms with Crippen LogP contribution in [0.3, 0.4) is 0 Å². The summed E-state index contributed by atoms with van der Waals surface area (Å²) in [7, 11) is 3.75. The highest BCUT2D eigenvalue weighted by Crippen LogP contribution is 2.35. The third kappa shape index (κ3) is 2.83. The maximum absolute atomic E-state index is 12.6. The molecule has 1 aliphatic carbocycles. The zero-order valence-corrected chi connectivity index (χ0v) is 16.1. The Kier molecular flexibility index (Phi) is 3.89. The lowest BCUT2D eigenvalue weighted by Gasteiger charge is -2.17. The molecule has 0 aromatic carbocycles. The highest BCUT2D eigenvalue weighted by atomic mass is 16.2. The summed E-state index contributed by atoms with van der Waals surface area (Å²) in [6.07, 6.45) is 12.2. The van der Waals surface area contributed by atoms with E-state index in [1.54, 1.807) is 9.58 Å². The van der Waals surface area contributed by atoms with Crippen LogP contribution in [0.5, 0.6) is 0 Å². The van der Waals surface area contributed by atoms with Gasteiger partial charge >= 0.3 is 0 Å². The van der Waals surface area contributed by atoms with E-state index in [-0.39, 0.29) is 5.91 Å². The average Bonchev–Trinajstić information content (AvgIpc) is 3.38. The van der Waals surface area contributed by atoms with Gasteiger partial charge in [0.25, 0.3) is 0 Å². The Morgan fingerprint density at radius 3 is 2.82 bits per heavy atom. The van der Waals surface area contributed by atoms with E-state index < -0.39 is 0 Å². The molecule has 0 atom stereocenters. The molecule has 142 valence electrons. The fraction of sp³-hybridized carbons (Fsp3) is 0.333. The van der Waals surface area contributed by atoms with Gasteiger partial charge in [0.1, 0.15) is 0 Å². The van der Waals surface area contributed by atoms with Crippen LogP contribution in [-0.4, -0.2) is 42.4 Å². The van der Waals surface area contributed by atoms with Gasteiger partial charge in [-0.1, -0.05) is 6.08 Å². The van der Waals surface area contributed by atoms with Crippen LogP contribution in [0.15, 0.2) is 36.9 Å². The number of carbonyl (C=O) groups is 1. The largest absolute Gasteiger partial charge is 0.340 e. The lowest BCUT2D eigenvalue weighted by molar-refractivity contribution is -0.130. The van der Waals surface area contributed by atoms with Gasteiger partial charge in [-0.05, 0) is 18.1 Å². The zero-order chi connectivity index (χ0) is 19.3. The molecule has 7 heteroatoms. The van der Waals surface area contributed by atoms with Crippen molar-refractivity contribution >= 4 is 11.5 Å². The van der Waals surface area contributed by atoms with Crippen LogP contribution in [0.25, 0.3) is 16.7 Å². The molecule has 0 N–H and O–H groups in total. The smallest absolute Gasteiger partial charge is 0.222 e. The Morgan fingerprint density at radius 2 is 1.93 bits per heavy atom. The van der Waals surface area contributed by atoms with Gasteiger partial charge in [-0.2, -0.15) is 10.2 Å². The van der Waals surface area contributed by atoms with Crippen molar-refractivity contribution < 1.29 is 4.79 Å². The van der Waals surface area contributed by atoms with E-state index in [1.807, 2.05) is 37.4 Å². The predicted octanol–water partition coefficient (Wildman–Crippen LogP) is 2.42. The van der Waals surface area contributed by atoms with Crippen LogP contribution in [0.2, 0.25) is 0 Å². The molecule has 3 aromatic heterocycles. The van der Waals surface area contributed by atoms with Gasteiger partial charge in [0, 0.05) is 74.3 Å². The number of hydrogen-bond acceptors (Lipinski definition) is 4. The van der Waals surface area contributed by atoms with Crippen LogP contribution in [0.1, 0.15) is 35.4 Å². The van der Waals surface area contributed by atoms with Crippen molar-refractivity contribution in [1.29, 1.82) is 0 Å². The van der Waals surface area contributed by atoms with Crippen LogP contribution < -0.4 is 0 Å². The second-order valence-electron chi connectivity index (χ2n) is 7.55. The van der Waals surface area contributed by atoms with Gasteiger partial charge in [0.2, 0.25) is 5.91 Å². The number of nitrogens with zero attached hydrogens (tertiary/aromatic N) is 6. The summed E-state index contributed by atoms with van der Waals surface area (Å²) in [4.78, 5) is 19.0. The molecule has 28 heavy (non-hydrogen) atoms. The van der Waals surface area contributed by atoms with Gasteiger partial charge in [-0.3, -0.25) is 19.1 Å². The van der Waals surface area contributed by atoms with E-state index in [9.17, 15) is 4.79 Å². The van der Waals surface area contributed by atoms with Crippen molar-refractivity contribution in [3.63, 3.8) is 0 Å². The molecule has 0 fully saturated rings. The third-order valence-corrected chi connectivity index (χ3v) is 5.51. The summed E-state index contributed by atoms with van der Waals surface area (Å²) in [6, 6.07) is 2.19. The lowest BCUT2D eigenvalue weighted by Crippen LogP contribution is -2.26. The molecular weight excluding hydrogens is 352 g/mol. The Labute approximate surface area is 163 Å². The fourth-order valence-electron chi connectivity index (χ4n) is 4.03. The standard InChI is InChI=1S/C21H22N6O/c1-25-13-20-18(12-26(2)24-20)14-8-17-16(5-6-19(17)22-9-14)15-10-23-27(11-15)7-3-4-21(25)28/h5,8-12H,3-4,6-7,13H2,1-2H3. The van der Waals surface area contributed by atoms with E-state index >= 15 is 0 Å². The van der Waals surface area contributed by atoms with Crippen molar-refractivity contribution in [3.8, 4) is 11.1 Å². The molecule has 1 aliphatic heterocycles. The first-order valence-corrected chi connectivity index (χ1v) is 9.57. The first-order valence-electron chi connectivity index (χ1n) is 9.57. The van der Waals surface area contributed by atoms with Gasteiger partial charge < -0.3 is 4.90 Å². The average molecular weight is 374 g/mol. The second kappa shape index (κ2) is 6.44. The Morgan fingerprint density at radius 1 is 1.04 bits per heavy atom. The van der Waals surface area contributed by atoms with Gasteiger partial charge in [-0.25, -0.2) is 0 Å². The van der Waals surface area contributed by atoms with Crippen LogP contribution in [-0.2, 0) is 31.4 Å². The summed E-state index contributed by atoms with van der Waals surface area (Å²) in [5.74, 6) is 0.120. The Balaban J connectivity index is 1.65. The van der Waals surface area contributed by atoms with Crippen LogP contribution >= 0.6 is 0 Å². The first kappa shape index (κ1) is 16.9. The molecule has 0 unspecified atom stereocenters. The first-order chi connectivity index (χ1) is 13.6. The third-order valence-electron chi connectivity index (χ3n) is 5.51. The van der Waals surface area contributed by atoms with E-state index in [0.29, 0.717) is 13.0 Å². The van der Waals surface area contributed by atoms with Crippen molar-refractivity contribution in [2.24, 2.45) is 7.05 Å². The molecule has 4 bridgehead atoms. The van der Waals surface area contributed by atoms with Crippen molar-refractivity contribution in [2.45, 2.75) is 32.4 Å². The Hall–Kier alpha value is -3.22. The zero-order valence-electron chi connectivity index (χ0n) is 16.1. The summed E-state index contributed by atoms with van der Waals surface area (Å²) in [5, 5.41) is 9.10.